The summed E-state index contributed by atoms with van der Waals surface area (Å²) in [6.07, 6.45) is 4.08. The van der Waals surface area contributed by atoms with Crippen LogP contribution in [0.5, 0.6) is 0 Å². The summed E-state index contributed by atoms with van der Waals surface area (Å²) in [6, 6.07) is 13.4. The summed E-state index contributed by atoms with van der Waals surface area (Å²) in [5, 5.41) is 12.9. The van der Waals surface area contributed by atoms with Crippen LogP contribution in [-0.2, 0) is 22.4 Å². The molecule has 0 bridgehead atoms. The molecule has 7 nitrogen and oxygen atoms in total. The van der Waals surface area contributed by atoms with Gasteiger partial charge in [0.25, 0.3) is 5.56 Å². The van der Waals surface area contributed by atoms with Crippen molar-refractivity contribution in [2.75, 3.05) is 13.2 Å². The topological polar surface area (TPSA) is 94.3 Å². The van der Waals surface area contributed by atoms with Gasteiger partial charge >= 0.3 is 0 Å². The first-order valence-corrected chi connectivity index (χ1v) is 11.1. The molecule has 168 valence electrons. The van der Waals surface area contributed by atoms with E-state index in [4.69, 9.17) is 4.74 Å². The molecule has 1 saturated heterocycles. The smallest absolute Gasteiger partial charge is 0.261 e. The third-order valence-electron chi connectivity index (χ3n) is 6.24. The standard InChI is InChI=1S/C26H25N3O4/c1-16(30)10-19-7-6-17(13-27-19)11-18-12-22-25(21-5-3-2-4-20(18)21)28-15-29(26(22)32)23-8-9-33-14-24(23)31/h2-7,12-13,15,23-24,31H,8-11,14H2,1H3/t23-,24-/m0/s1. The highest BCUT2D eigenvalue weighted by Crippen LogP contribution is 2.28. The van der Waals surface area contributed by atoms with Crippen LogP contribution >= 0.6 is 0 Å². The van der Waals surface area contributed by atoms with Crippen molar-refractivity contribution in [1.82, 2.24) is 14.5 Å². The lowest BCUT2D eigenvalue weighted by Gasteiger charge is -2.29. The molecule has 7 heteroatoms. The Morgan fingerprint density at radius 3 is 2.70 bits per heavy atom. The molecule has 1 N–H and O–H groups in total. The zero-order chi connectivity index (χ0) is 22.9. The Morgan fingerprint density at radius 2 is 1.97 bits per heavy atom. The lowest BCUT2D eigenvalue weighted by atomic mass is 9.96. The summed E-state index contributed by atoms with van der Waals surface area (Å²) in [6.45, 7) is 2.27. The fraction of sp³-hybridized carbons (Fsp3) is 0.308. The third kappa shape index (κ3) is 4.17. The number of aromatic nitrogens is 3. The van der Waals surface area contributed by atoms with E-state index in [-0.39, 0.29) is 24.0 Å². The summed E-state index contributed by atoms with van der Waals surface area (Å²) in [7, 11) is 0. The van der Waals surface area contributed by atoms with Gasteiger partial charge in [-0.2, -0.15) is 0 Å². The number of Topliss-reactive ketones (excluding diaryl/α,β-unsaturated/α-hetero) is 1. The van der Waals surface area contributed by atoms with Gasteiger partial charge in [0.1, 0.15) is 5.78 Å². The number of ketones is 1. The molecule has 4 aromatic rings. The molecule has 3 heterocycles. The van der Waals surface area contributed by atoms with Gasteiger partial charge in [-0.1, -0.05) is 30.3 Å². The van der Waals surface area contributed by atoms with Gasteiger partial charge in [-0.05, 0) is 48.4 Å². The fourth-order valence-electron chi connectivity index (χ4n) is 4.61. The van der Waals surface area contributed by atoms with Gasteiger partial charge in [0.05, 0.1) is 36.0 Å². The fourth-order valence-corrected chi connectivity index (χ4v) is 4.61. The first kappa shape index (κ1) is 21.4. The highest BCUT2D eigenvalue weighted by Gasteiger charge is 2.27. The maximum absolute atomic E-state index is 13.5. The largest absolute Gasteiger partial charge is 0.389 e. The van der Waals surface area contributed by atoms with Crippen molar-refractivity contribution in [3.8, 4) is 0 Å². The molecule has 0 amide bonds. The van der Waals surface area contributed by atoms with Gasteiger partial charge < -0.3 is 9.84 Å². The number of pyridine rings is 1. The maximum atomic E-state index is 13.5. The van der Waals surface area contributed by atoms with E-state index < -0.39 is 6.10 Å². The minimum atomic E-state index is -0.741. The normalized spacial score (nSPS) is 18.6. The van der Waals surface area contributed by atoms with E-state index in [1.165, 1.54) is 0 Å². The Labute approximate surface area is 190 Å². The lowest BCUT2D eigenvalue weighted by molar-refractivity contribution is -0.116. The van der Waals surface area contributed by atoms with Crippen LogP contribution in [0, 0.1) is 0 Å². The van der Waals surface area contributed by atoms with Crippen molar-refractivity contribution in [3.05, 3.63) is 82.2 Å². The van der Waals surface area contributed by atoms with Crippen molar-refractivity contribution in [2.24, 2.45) is 0 Å². The number of rotatable bonds is 5. The Morgan fingerprint density at radius 1 is 1.15 bits per heavy atom. The van der Waals surface area contributed by atoms with E-state index in [0.717, 1.165) is 27.6 Å². The number of fused-ring (bicyclic) bond motifs is 3. The first-order valence-electron chi connectivity index (χ1n) is 11.1. The average molecular weight is 444 g/mol. The number of ether oxygens (including phenoxy) is 1. The number of aliphatic hydroxyl groups excluding tert-OH is 1. The SMILES string of the molecule is CC(=O)Cc1ccc(Cc2cc3c(=O)n([C@H]4CCOC[C@@H]4O)cnc3c3ccccc23)cn1. The van der Waals surface area contributed by atoms with Gasteiger partial charge in [-0.15, -0.1) is 0 Å². The molecule has 0 aliphatic carbocycles. The highest BCUT2D eigenvalue weighted by molar-refractivity contribution is 6.06. The molecular weight excluding hydrogens is 418 g/mol. The summed E-state index contributed by atoms with van der Waals surface area (Å²) in [5.74, 6) is 0.0780. The third-order valence-corrected chi connectivity index (χ3v) is 6.24. The van der Waals surface area contributed by atoms with Crippen molar-refractivity contribution >= 4 is 27.5 Å². The zero-order valence-corrected chi connectivity index (χ0v) is 18.4. The van der Waals surface area contributed by atoms with E-state index in [1.807, 2.05) is 42.5 Å². The summed E-state index contributed by atoms with van der Waals surface area (Å²) >= 11 is 0. The van der Waals surface area contributed by atoms with Crippen molar-refractivity contribution in [3.63, 3.8) is 0 Å². The molecule has 1 aliphatic heterocycles. The molecule has 2 atom stereocenters. The second-order valence-electron chi connectivity index (χ2n) is 8.65. The summed E-state index contributed by atoms with van der Waals surface area (Å²) < 4.78 is 6.87. The molecule has 0 radical (unpaired) electrons. The molecule has 0 unspecified atom stereocenters. The van der Waals surface area contributed by atoms with Crippen molar-refractivity contribution < 1.29 is 14.6 Å². The second-order valence-corrected chi connectivity index (χ2v) is 8.65. The van der Waals surface area contributed by atoms with Gasteiger partial charge in [-0.3, -0.25) is 19.1 Å². The minimum Gasteiger partial charge on any atom is -0.389 e. The predicted molar refractivity (Wildman–Crippen MR) is 125 cm³/mol. The Kier molecular flexibility index (Phi) is 5.74. The van der Waals surface area contributed by atoms with E-state index in [1.54, 1.807) is 24.0 Å². The summed E-state index contributed by atoms with van der Waals surface area (Å²) in [5.41, 5.74) is 3.25. The van der Waals surface area contributed by atoms with E-state index in [0.29, 0.717) is 36.8 Å². The Bertz CT molecular complexity index is 1390. The number of aliphatic hydroxyl groups is 1. The number of carbonyl (C=O) groups is 1. The minimum absolute atomic E-state index is 0.0780. The molecule has 2 aromatic heterocycles. The number of carbonyl (C=O) groups excluding carboxylic acids is 1. The van der Waals surface area contributed by atoms with Gasteiger partial charge in [0, 0.05) is 30.3 Å². The Balaban J connectivity index is 1.61. The first-order chi connectivity index (χ1) is 16.0. The predicted octanol–water partition coefficient (Wildman–Crippen LogP) is 2.99. The van der Waals surface area contributed by atoms with Crippen molar-refractivity contribution in [1.29, 1.82) is 0 Å². The van der Waals surface area contributed by atoms with Gasteiger partial charge in [0.15, 0.2) is 0 Å². The van der Waals surface area contributed by atoms with E-state index in [9.17, 15) is 14.7 Å². The zero-order valence-electron chi connectivity index (χ0n) is 18.4. The van der Waals surface area contributed by atoms with Crippen LogP contribution in [0.3, 0.4) is 0 Å². The molecule has 1 fully saturated rings. The number of benzene rings is 2. The van der Waals surface area contributed by atoms with Crippen molar-refractivity contribution in [2.45, 2.75) is 38.3 Å². The molecule has 0 spiro atoms. The van der Waals surface area contributed by atoms with Crippen LogP contribution in [0.25, 0.3) is 21.7 Å². The molecular formula is C26H25N3O4. The van der Waals surface area contributed by atoms with Crippen LogP contribution in [0.15, 0.2) is 59.8 Å². The summed E-state index contributed by atoms with van der Waals surface area (Å²) in [4.78, 5) is 33.9. The van der Waals surface area contributed by atoms with Crippen LogP contribution in [0.2, 0.25) is 0 Å². The number of nitrogens with zero attached hydrogens (tertiary/aromatic N) is 3. The van der Waals surface area contributed by atoms with Gasteiger partial charge in [-0.25, -0.2) is 4.98 Å². The molecule has 2 aromatic carbocycles. The number of hydrogen-bond donors (Lipinski definition) is 1. The van der Waals surface area contributed by atoms with Crippen LogP contribution in [-0.4, -0.2) is 44.7 Å². The quantitative estimate of drug-likeness (QED) is 0.477. The lowest BCUT2D eigenvalue weighted by Crippen LogP contribution is -2.39. The molecule has 0 saturated carbocycles. The average Bonchev–Trinajstić information content (AvgIpc) is 2.81. The van der Waals surface area contributed by atoms with E-state index in [2.05, 4.69) is 9.97 Å². The second kappa shape index (κ2) is 8.84. The highest BCUT2D eigenvalue weighted by atomic mass is 16.5. The monoisotopic (exact) mass is 443 g/mol. The van der Waals surface area contributed by atoms with Crippen LogP contribution < -0.4 is 5.56 Å². The van der Waals surface area contributed by atoms with Gasteiger partial charge in [0.2, 0.25) is 0 Å². The maximum Gasteiger partial charge on any atom is 0.261 e. The number of hydrogen-bond acceptors (Lipinski definition) is 6. The Hall–Kier alpha value is -3.42. The molecule has 5 rings (SSSR count). The van der Waals surface area contributed by atoms with Crippen LogP contribution in [0.4, 0.5) is 0 Å². The van der Waals surface area contributed by atoms with Crippen LogP contribution in [0.1, 0.15) is 36.2 Å². The van der Waals surface area contributed by atoms with E-state index >= 15 is 0 Å². The molecule has 33 heavy (non-hydrogen) atoms. The molecule has 1 aliphatic rings.